The summed E-state index contributed by atoms with van der Waals surface area (Å²) in [5.41, 5.74) is 0.399. The lowest BCUT2D eigenvalue weighted by atomic mass is 9.74. The number of nitrogens with one attached hydrogen (secondary N) is 2. The summed E-state index contributed by atoms with van der Waals surface area (Å²) in [4.78, 5) is 4.17. The van der Waals surface area contributed by atoms with Crippen molar-refractivity contribution in [1.29, 1.82) is 0 Å². The van der Waals surface area contributed by atoms with E-state index in [1.165, 1.54) is 12.1 Å². The van der Waals surface area contributed by atoms with E-state index in [0.717, 1.165) is 30.5 Å². The normalized spacial score (nSPS) is 16.9. The van der Waals surface area contributed by atoms with Crippen LogP contribution in [0.1, 0.15) is 29.5 Å². The average Bonchev–Trinajstić information content (AvgIpc) is 2.74. The molecule has 2 aromatic carbocycles. The third-order valence-electron chi connectivity index (χ3n) is 5.42. The molecule has 1 aliphatic heterocycles. The van der Waals surface area contributed by atoms with Gasteiger partial charge in [-0.25, -0.2) is 4.39 Å². The number of rotatable bonds is 5. The zero-order valence-corrected chi connectivity index (χ0v) is 16.7. The van der Waals surface area contributed by atoms with E-state index in [-0.39, 0.29) is 17.8 Å². The lowest BCUT2D eigenvalue weighted by molar-refractivity contribution is -0.137. The van der Waals surface area contributed by atoms with Crippen molar-refractivity contribution in [2.75, 3.05) is 26.8 Å². The maximum Gasteiger partial charge on any atom is 0.416 e. The van der Waals surface area contributed by atoms with Crippen molar-refractivity contribution in [3.63, 3.8) is 0 Å². The lowest BCUT2D eigenvalue weighted by Gasteiger charge is -2.38. The summed E-state index contributed by atoms with van der Waals surface area (Å²) in [6, 6.07) is 11.7. The Morgan fingerprint density at radius 2 is 1.80 bits per heavy atom. The van der Waals surface area contributed by atoms with E-state index in [0.29, 0.717) is 31.3 Å². The summed E-state index contributed by atoms with van der Waals surface area (Å²) in [6.07, 6.45) is -2.92. The zero-order chi connectivity index (χ0) is 21.6. The first-order chi connectivity index (χ1) is 14.3. The second-order valence-corrected chi connectivity index (χ2v) is 7.38. The van der Waals surface area contributed by atoms with Crippen molar-refractivity contribution in [3.8, 4) is 0 Å². The van der Waals surface area contributed by atoms with Crippen molar-refractivity contribution in [1.82, 2.24) is 10.6 Å². The number of ether oxygens (including phenoxy) is 1. The number of halogens is 4. The van der Waals surface area contributed by atoms with Gasteiger partial charge in [0.1, 0.15) is 5.82 Å². The maximum atomic E-state index is 13.8. The summed E-state index contributed by atoms with van der Waals surface area (Å²) in [5, 5.41) is 6.30. The molecule has 0 saturated carbocycles. The average molecular weight is 423 g/mol. The summed E-state index contributed by atoms with van der Waals surface area (Å²) >= 11 is 0. The van der Waals surface area contributed by atoms with E-state index >= 15 is 0 Å². The second kappa shape index (κ2) is 9.47. The van der Waals surface area contributed by atoms with Crippen molar-refractivity contribution in [3.05, 3.63) is 71.0 Å². The van der Waals surface area contributed by atoms with Crippen LogP contribution in [0.4, 0.5) is 17.6 Å². The fourth-order valence-electron chi connectivity index (χ4n) is 3.66. The molecule has 0 atom stereocenters. The molecule has 1 aliphatic rings. The van der Waals surface area contributed by atoms with Crippen molar-refractivity contribution in [2.45, 2.75) is 31.0 Å². The van der Waals surface area contributed by atoms with Crippen molar-refractivity contribution >= 4 is 5.96 Å². The molecule has 0 radical (unpaired) electrons. The van der Waals surface area contributed by atoms with Crippen LogP contribution < -0.4 is 10.6 Å². The van der Waals surface area contributed by atoms with Gasteiger partial charge < -0.3 is 15.4 Å². The van der Waals surface area contributed by atoms with Gasteiger partial charge in [-0.3, -0.25) is 4.99 Å². The minimum absolute atomic E-state index is 0.194. The molecule has 2 aromatic rings. The Morgan fingerprint density at radius 1 is 1.07 bits per heavy atom. The molecule has 0 bridgehead atoms. The van der Waals surface area contributed by atoms with E-state index in [9.17, 15) is 17.6 Å². The number of guanidine groups is 1. The van der Waals surface area contributed by atoms with Gasteiger partial charge >= 0.3 is 6.18 Å². The number of alkyl halides is 3. The SMILES string of the molecule is CN=C(NCc1cccc(C(F)(F)F)c1)NCC1(c2cccc(F)c2)CCOCC1. The van der Waals surface area contributed by atoms with Gasteiger partial charge in [-0.2, -0.15) is 13.2 Å². The number of hydrogen-bond acceptors (Lipinski definition) is 2. The van der Waals surface area contributed by atoms with Crippen LogP contribution in [0.5, 0.6) is 0 Å². The second-order valence-electron chi connectivity index (χ2n) is 7.38. The highest BCUT2D eigenvalue weighted by molar-refractivity contribution is 5.79. The molecule has 0 unspecified atom stereocenters. The van der Waals surface area contributed by atoms with Crippen LogP contribution in [0.2, 0.25) is 0 Å². The lowest BCUT2D eigenvalue weighted by Crippen LogP contribution is -2.48. The number of benzene rings is 2. The Hall–Kier alpha value is -2.61. The number of nitrogens with zero attached hydrogens (tertiary/aromatic N) is 1. The number of hydrogen-bond donors (Lipinski definition) is 2. The molecule has 0 amide bonds. The number of aliphatic imine (C=N–C) groups is 1. The first kappa shape index (κ1) is 22.1. The van der Waals surface area contributed by atoms with E-state index in [1.807, 2.05) is 6.07 Å². The van der Waals surface area contributed by atoms with Gasteiger partial charge in [-0.15, -0.1) is 0 Å². The highest BCUT2D eigenvalue weighted by Crippen LogP contribution is 2.34. The molecule has 30 heavy (non-hydrogen) atoms. The largest absolute Gasteiger partial charge is 0.416 e. The minimum Gasteiger partial charge on any atom is -0.381 e. The molecule has 0 spiro atoms. The highest BCUT2D eigenvalue weighted by Gasteiger charge is 2.35. The van der Waals surface area contributed by atoms with Crippen molar-refractivity contribution < 1.29 is 22.3 Å². The van der Waals surface area contributed by atoms with Crippen molar-refractivity contribution in [2.24, 2.45) is 4.99 Å². The molecule has 8 heteroatoms. The van der Waals surface area contributed by atoms with E-state index in [2.05, 4.69) is 15.6 Å². The Kier molecular flexibility index (Phi) is 6.97. The van der Waals surface area contributed by atoms with Crippen LogP contribution in [-0.4, -0.2) is 32.8 Å². The Bertz CT molecular complexity index is 877. The van der Waals surface area contributed by atoms with Crippen LogP contribution in [0.3, 0.4) is 0 Å². The summed E-state index contributed by atoms with van der Waals surface area (Å²) in [5.74, 6) is 0.181. The van der Waals surface area contributed by atoms with Gasteiger partial charge in [0.25, 0.3) is 0 Å². The molecule has 4 nitrogen and oxygen atoms in total. The molecule has 162 valence electrons. The Morgan fingerprint density at radius 3 is 2.47 bits per heavy atom. The van der Waals surface area contributed by atoms with Gasteiger partial charge in [0.05, 0.1) is 5.56 Å². The zero-order valence-electron chi connectivity index (χ0n) is 16.7. The minimum atomic E-state index is -4.38. The van der Waals surface area contributed by atoms with Gasteiger partial charge in [0.2, 0.25) is 0 Å². The fraction of sp³-hybridized carbons (Fsp3) is 0.409. The van der Waals surface area contributed by atoms with Gasteiger partial charge in [0.15, 0.2) is 5.96 Å². The van der Waals surface area contributed by atoms with E-state index in [1.54, 1.807) is 25.2 Å². The topological polar surface area (TPSA) is 45.7 Å². The predicted molar refractivity (Wildman–Crippen MR) is 108 cm³/mol. The predicted octanol–water partition coefficient (Wildman–Crippen LogP) is 4.26. The molecule has 1 heterocycles. The Labute approximate surface area is 173 Å². The molecule has 3 rings (SSSR count). The Balaban J connectivity index is 1.66. The molecule has 0 aromatic heterocycles. The molecular weight excluding hydrogens is 398 g/mol. The van der Waals surface area contributed by atoms with E-state index in [4.69, 9.17) is 4.74 Å². The van der Waals surface area contributed by atoms with Crippen LogP contribution in [0.15, 0.2) is 53.5 Å². The monoisotopic (exact) mass is 423 g/mol. The molecular formula is C22H25F4N3O. The first-order valence-electron chi connectivity index (χ1n) is 9.77. The maximum absolute atomic E-state index is 13.8. The quantitative estimate of drug-likeness (QED) is 0.429. The standard InChI is InChI=1S/C22H25F4N3O/c1-27-20(28-14-16-4-2-6-18(12-16)22(24,25)26)29-15-21(8-10-30-11-9-21)17-5-3-7-19(23)13-17/h2-7,12-13H,8-11,14-15H2,1H3,(H2,27,28,29). The van der Waals surface area contributed by atoms with Gasteiger partial charge in [-0.05, 0) is 48.2 Å². The first-order valence-corrected chi connectivity index (χ1v) is 9.77. The highest BCUT2D eigenvalue weighted by atomic mass is 19.4. The third kappa shape index (κ3) is 5.50. The van der Waals surface area contributed by atoms with Crippen LogP contribution in [0, 0.1) is 5.82 Å². The van der Waals surface area contributed by atoms with Gasteiger partial charge in [-0.1, -0.05) is 24.3 Å². The fourth-order valence-corrected chi connectivity index (χ4v) is 3.66. The smallest absolute Gasteiger partial charge is 0.381 e. The summed E-state index contributed by atoms with van der Waals surface area (Å²) in [7, 11) is 1.60. The summed E-state index contributed by atoms with van der Waals surface area (Å²) < 4.78 is 58.0. The van der Waals surface area contributed by atoms with Crippen LogP contribution in [0.25, 0.3) is 0 Å². The molecule has 2 N–H and O–H groups in total. The molecule has 0 aliphatic carbocycles. The molecule has 1 fully saturated rings. The van der Waals surface area contributed by atoms with E-state index < -0.39 is 11.7 Å². The van der Waals surface area contributed by atoms with Crippen LogP contribution >= 0.6 is 0 Å². The molecule has 1 saturated heterocycles. The van der Waals surface area contributed by atoms with Gasteiger partial charge in [0, 0.05) is 38.8 Å². The summed E-state index contributed by atoms with van der Waals surface area (Å²) in [6.45, 7) is 1.85. The third-order valence-corrected chi connectivity index (χ3v) is 5.42. The van der Waals surface area contributed by atoms with Crippen LogP contribution in [-0.2, 0) is 22.9 Å².